The summed E-state index contributed by atoms with van der Waals surface area (Å²) in [5, 5.41) is 3.32. The number of esters is 1. The Labute approximate surface area is 94.8 Å². The third kappa shape index (κ3) is 1.96. The van der Waals surface area contributed by atoms with Gasteiger partial charge in [0.2, 0.25) is 0 Å². The van der Waals surface area contributed by atoms with Gasteiger partial charge in [-0.25, -0.2) is 4.79 Å². The third-order valence-electron chi connectivity index (χ3n) is 2.96. The Hall–Kier alpha value is -1.71. The van der Waals surface area contributed by atoms with Crippen molar-refractivity contribution in [2.24, 2.45) is 5.92 Å². The molecular formula is C12H16N2O2. The highest BCUT2D eigenvalue weighted by molar-refractivity contribution is 5.98. The fourth-order valence-electron chi connectivity index (χ4n) is 1.70. The topological polar surface area (TPSA) is 64.3 Å². The van der Waals surface area contributed by atoms with Crippen LogP contribution in [0, 0.1) is 5.92 Å². The zero-order valence-electron chi connectivity index (χ0n) is 9.49. The van der Waals surface area contributed by atoms with E-state index in [9.17, 15) is 4.79 Å². The van der Waals surface area contributed by atoms with Crippen molar-refractivity contribution >= 4 is 17.3 Å². The number of carbonyl (C=O) groups is 1. The fourth-order valence-corrected chi connectivity index (χ4v) is 1.70. The van der Waals surface area contributed by atoms with Gasteiger partial charge >= 0.3 is 5.97 Å². The smallest absolute Gasteiger partial charge is 0.340 e. The van der Waals surface area contributed by atoms with Crippen LogP contribution in [0.1, 0.15) is 23.7 Å². The minimum atomic E-state index is -0.398. The number of carbonyl (C=O) groups excluding carboxylic acids is 1. The van der Waals surface area contributed by atoms with Gasteiger partial charge in [0.25, 0.3) is 0 Å². The summed E-state index contributed by atoms with van der Waals surface area (Å²) in [4.78, 5) is 11.4. The predicted octanol–water partition coefficient (Wildman–Crippen LogP) is 1.88. The van der Waals surface area contributed by atoms with Crippen LogP contribution < -0.4 is 11.1 Å². The maximum atomic E-state index is 11.4. The largest absolute Gasteiger partial charge is 0.465 e. The van der Waals surface area contributed by atoms with Crippen molar-refractivity contribution in [1.82, 2.24) is 0 Å². The second-order valence-electron chi connectivity index (χ2n) is 4.22. The molecule has 4 heteroatoms. The summed E-state index contributed by atoms with van der Waals surface area (Å²) in [6, 6.07) is 5.84. The molecular weight excluding hydrogens is 204 g/mol. The SMILES string of the molecule is COC(=O)c1cccc(NC2CC2C)c1N. The second-order valence-corrected chi connectivity index (χ2v) is 4.22. The van der Waals surface area contributed by atoms with Gasteiger partial charge in [0, 0.05) is 6.04 Å². The first kappa shape index (κ1) is 10.8. The lowest BCUT2D eigenvalue weighted by atomic mass is 10.1. The van der Waals surface area contributed by atoms with E-state index in [1.54, 1.807) is 12.1 Å². The second kappa shape index (κ2) is 4.04. The molecule has 2 atom stereocenters. The molecule has 0 aliphatic heterocycles. The fraction of sp³-hybridized carbons (Fsp3) is 0.417. The number of nitrogens with two attached hydrogens (primary N) is 1. The number of hydrogen-bond acceptors (Lipinski definition) is 4. The molecule has 16 heavy (non-hydrogen) atoms. The number of para-hydroxylation sites is 1. The van der Waals surface area contributed by atoms with Crippen molar-refractivity contribution in [2.45, 2.75) is 19.4 Å². The van der Waals surface area contributed by atoms with E-state index in [0.29, 0.717) is 23.2 Å². The molecule has 1 aromatic carbocycles. The maximum absolute atomic E-state index is 11.4. The molecule has 0 saturated heterocycles. The summed E-state index contributed by atoms with van der Waals surface area (Å²) in [6.07, 6.45) is 1.15. The van der Waals surface area contributed by atoms with Crippen LogP contribution in [0.2, 0.25) is 0 Å². The molecule has 1 saturated carbocycles. The van der Waals surface area contributed by atoms with Crippen molar-refractivity contribution in [3.05, 3.63) is 23.8 Å². The molecule has 1 fully saturated rings. The zero-order chi connectivity index (χ0) is 11.7. The first-order valence-corrected chi connectivity index (χ1v) is 5.37. The first-order chi connectivity index (χ1) is 7.63. The Balaban J connectivity index is 2.22. The van der Waals surface area contributed by atoms with Gasteiger partial charge in [-0.2, -0.15) is 0 Å². The van der Waals surface area contributed by atoms with Gasteiger partial charge in [-0.05, 0) is 24.5 Å². The number of nitrogens with one attached hydrogen (secondary N) is 1. The van der Waals surface area contributed by atoms with Crippen LogP contribution in [0.15, 0.2) is 18.2 Å². The molecule has 1 aliphatic carbocycles. The quantitative estimate of drug-likeness (QED) is 0.603. The van der Waals surface area contributed by atoms with Crippen molar-refractivity contribution in [3.63, 3.8) is 0 Å². The van der Waals surface area contributed by atoms with Gasteiger partial charge in [0.1, 0.15) is 0 Å². The normalized spacial score (nSPS) is 22.6. The highest BCUT2D eigenvalue weighted by Gasteiger charge is 2.32. The molecule has 1 aliphatic rings. The van der Waals surface area contributed by atoms with Crippen LogP contribution >= 0.6 is 0 Å². The van der Waals surface area contributed by atoms with Gasteiger partial charge in [0.15, 0.2) is 0 Å². The lowest BCUT2D eigenvalue weighted by Gasteiger charge is -2.11. The summed E-state index contributed by atoms with van der Waals surface area (Å²) in [6.45, 7) is 2.18. The van der Waals surface area contributed by atoms with E-state index >= 15 is 0 Å². The summed E-state index contributed by atoms with van der Waals surface area (Å²) >= 11 is 0. The zero-order valence-corrected chi connectivity index (χ0v) is 9.49. The lowest BCUT2D eigenvalue weighted by Crippen LogP contribution is -2.10. The summed E-state index contributed by atoms with van der Waals surface area (Å²) in [7, 11) is 1.35. The molecule has 1 aromatic rings. The number of ether oxygens (including phenoxy) is 1. The number of hydrogen-bond donors (Lipinski definition) is 2. The Morgan fingerprint density at radius 2 is 2.25 bits per heavy atom. The molecule has 0 spiro atoms. The molecule has 3 N–H and O–H groups in total. The van der Waals surface area contributed by atoms with E-state index in [0.717, 1.165) is 12.1 Å². The van der Waals surface area contributed by atoms with Crippen LogP contribution in [0.4, 0.5) is 11.4 Å². The van der Waals surface area contributed by atoms with Gasteiger partial charge in [-0.15, -0.1) is 0 Å². The van der Waals surface area contributed by atoms with E-state index in [1.807, 2.05) is 6.07 Å². The molecule has 0 heterocycles. The summed E-state index contributed by atoms with van der Waals surface area (Å²) in [5.41, 5.74) is 7.62. The minimum absolute atomic E-state index is 0.398. The van der Waals surface area contributed by atoms with Gasteiger partial charge in [-0.1, -0.05) is 13.0 Å². The molecule has 0 aromatic heterocycles. The highest BCUT2D eigenvalue weighted by Crippen LogP contribution is 2.35. The number of benzene rings is 1. The van der Waals surface area contributed by atoms with Gasteiger partial charge in [-0.3, -0.25) is 0 Å². The number of nitrogen functional groups attached to an aromatic ring is 1. The lowest BCUT2D eigenvalue weighted by molar-refractivity contribution is 0.0602. The van der Waals surface area contributed by atoms with Crippen LogP contribution in [0.25, 0.3) is 0 Å². The van der Waals surface area contributed by atoms with Crippen molar-refractivity contribution < 1.29 is 9.53 Å². The van der Waals surface area contributed by atoms with Gasteiger partial charge in [0.05, 0.1) is 24.0 Å². The average Bonchev–Trinajstić information content (AvgIpc) is 2.96. The maximum Gasteiger partial charge on any atom is 0.340 e. The van der Waals surface area contributed by atoms with E-state index in [2.05, 4.69) is 17.0 Å². The molecule has 4 nitrogen and oxygen atoms in total. The first-order valence-electron chi connectivity index (χ1n) is 5.37. The standard InChI is InChI=1S/C12H16N2O2/c1-7-6-10(7)14-9-5-3-4-8(11(9)13)12(15)16-2/h3-5,7,10,14H,6,13H2,1-2H3. The van der Waals surface area contributed by atoms with Crippen molar-refractivity contribution in [1.29, 1.82) is 0 Å². The molecule has 2 rings (SSSR count). The Bertz CT molecular complexity index is 417. The number of anilines is 2. The van der Waals surface area contributed by atoms with Crippen LogP contribution in [-0.4, -0.2) is 19.1 Å². The number of rotatable bonds is 3. The van der Waals surface area contributed by atoms with Crippen LogP contribution in [-0.2, 0) is 4.74 Å². The Morgan fingerprint density at radius 3 is 2.81 bits per heavy atom. The van der Waals surface area contributed by atoms with Crippen molar-refractivity contribution in [3.8, 4) is 0 Å². The Morgan fingerprint density at radius 1 is 1.56 bits per heavy atom. The highest BCUT2D eigenvalue weighted by atomic mass is 16.5. The van der Waals surface area contributed by atoms with Crippen LogP contribution in [0.5, 0.6) is 0 Å². The van der Waals surface area contributed by atoms with E-state index in [4.69, 9.17) is 5.73 Å². The number of methoxy groups -OCH3 is 1. The van der Waals surface area contributed by atoms with E-state index in [-0.39, 0.29) is 0 Å². The summed E-state index contributed by atoms with van der Waals surface area (Å²) < 4.78 is 4.67. The van der Waals surface area contributed by atoms with Crippen molar-refractivity contribution in [2.75, 3.05) is 18.2 Å². The third-order valence-corrected chi connectivity index (χ3v) is 2.96. The molecule has 86 valence electrons. The van der Waals surface area contributed by atoms with Crippen LogP contribution in [0.3, 0.4) is 0 Å². The molecule has 0 radical (unpaired) electrons. The monoisotopic (exact) mass is 220 g/mol. The minimum Gasteiger partial charge on any atom is -0.465 e. The molecule has 0 amide bonds. The summed E-state index contributed by atoms with van der Waals surface area (Å²) in [5.74, 6) is 0.283. The van der Waals surface area contributed by atoms with E-state index < -0.39 is 5.97 Å². The Kier molecular flexibility index (Phi) is 2.73. The van der Waals surface area contributed by atoms with Gasteiger partial charge < -0.3 is 15.8 Å². The molecule has 0 bridgehead atoms. The average molecular weight is 220 g/mol. The molecule has 2 unspecified atom stereocenters. The van der Waals surface area contributed by atoms with E-state index in [1.165, 1.54) is 7.11 Å². The predicted molar refractivity (Wildman–Crippen MR) is 63.4 cm³/mol.